The highest BCUT2D eigenvalue weighted by Crippen LogP contribution is 2.25. The highest BCUT2D eigenvalue weighted by atomic mass is 32.2. The van der Waals surface area contributed by atoms with Crippen LogP contribution in [0.1, 0.15) is 63.0 Å². The topological polar surface area (TPSA) is 123 Å². The number of unbranched alkanes of at least 4 members (excludes halogenated alkanes) is 1. The SMILES string of the molecule is CCOC(=O)C(CCCCNC(=O)c1cc(NC(=O)OC(C)(C)C)cn1C)SCc1ccc(N=Nc2ccccc2)cc1. The van der Waals surface area contributed by atoms with E-state index in [4.69, 9.17) is 9.47 Å². The minimum atomic E-state index is -0.619. The maximum absolute atomic E-state index is 12.7. The number of thioether (sulfide) groups is 1. The molecule has 1 heterocycles. The number of nitrogens with one attached hydrogen (secondary N) is 2. The molecule has 1 unspecified atom stereocenters. The van der Waals surface area contributed by atoms with Crippen LogP contribution in [-0.4, -0.2) is 46.5 Å². The molecule has 0 radical (unpaired) electrons. The zero-order valence-corrected chi connectivity index (χ0v) is 26.3. The summed E-state index contributed by atoms with van der Waals surface area (Å²) in [6.45, 7) is 7.93. The van der Waals surface area contributed by atoms with E-state index < -0.39 is 11.7 Å². The Morgan fingerprint density at radius 1 is 0.977 bits per heavy atom. The summed E-state index contributed by atoms with van der Waals surface area (Å²) in [4.78, 5) is 37.4. The van der Waals surface area contributed by atoms with E-state index in [-0.39, 0.29) is 17.1 Å². The van der Waals surface area contributed by atoms with Crippen molar-refractivity contribution in [1.29, 1.82) is 0 Å². The summed E-state index contributed by atoms with van der Waals surface area (Å²) >= 11 is 1.55. The number of anilines is 1. The number of azo groups is 1. The zero-order valence-electron chi connectivity index (χ0n) is 25.5. The van der Waals surface area contributed by atoms with E-state index in [9.17, 15) is 14.4 Å². The molecule has 1 atom stereocenters. The van der Waals surface area contributed by atoms with E-state index >= 15 is 0 Å². The number of nitrogens with zero attached hydrogens (tertiary/aromatic N) is 3. The number of hydrogen-bond acceptors (Lipinski definition) is 8. The fourth-order valence-corrected chi connectivity index (χ4v) is 5.12. The number of rotatable bonds is 14. The van der Waals surface area contributed by atoms with Crippen LogP contribution in [0.4, 0.5) is 21.9 Å². The van der Waals surface area contributed by atoms with Crippen molar-refractivity contribution in [2.45, 2.75) is 63.6 Å². The quantitative estimate of drug-likeness (QED) is 0.111. The Bertz CT molecular complexity index is 1370. The number of aromatic nitrogens is 1. The molecule has 3 rings (SSSR count). The molecule has 0 aliphatic heterocycles. The molecule has 0 bridgehead atoms. The van der Waals surface area contributed by atoms with Crippen molar-refractivity contribution in [3.63, 3.8) is 0 Å². The number of aryl methyl sites for hydroxylation is 1. The molecule has 2 amide bonds. The smallest absolute Gasteiger partial charge is 0.412 e. The summed E-state index contributed by atoms with van der Waals surface area (Å²) in [5.41, 5.74) is 2.90. The van der Waals surface area contributed by atoms with E-state index in [0.29, 0.717) is 43.1 Å². The molecular formula is C32H41N5O5S. The van der Waals surface area contributed by atoms with Gasteiger partial charge in [-0.2, -0.15) is 10.2 Å². The van der Waals surface area contributed by atoms with Crippen molar-refractivity contribution in [3.8, 4) is 0 Å². The number of ether oxygens (including phenoxy) is 2. The average Bonchev–Trinajstić information content (AvgIpc) is 3.32. The Morgan fingerprint density at radius 3 is 2.30 bits per heavy atom. The molecule has 10 nitrogen and oxygen atoms in total. The summed E-state index contributed by atoms with van der Waals surface area (Å²) in [6, 6.07) is 19.0. The van der Waals surface area contributed by atoms with Crippen LogP contribution in [-0.2, 0) is 27.1 Å². The van der Waals surface area contributed by atoms with Crippen LogP contribution in [0.15, 0.2) is 77.1 Å². The van der Waals surface area contributed by atoms with Crippen LogP contribution < -0.4 is 10.6 Å². The van der Waals surface area contributed by atoms with Crippen LogP contribution in [0.5, 0.6) is 0 Å². The first-order chi connectivity index (χ1) is 20.5. The minimum absolute atomic E-state index is 0.223. The van der Waals surface area contributed by atoms with Crippen LogP contribution in [0.3, 0.4) is 0 Å². The lowest BCUT2D eigenvalue weighted by Gasteiger charge is -2.19. The standard InChI is InChI=1S/C32H41N5O5S/c1-6-41-30(39)28(43-22-23-15-17-25(18-16-23)36-35-24-12-8-7-9-13-24)14-10-11-19-33-29(38)27-20-26(21-37(27)5)34-31(40)42-32(2,3)4/h7-9,12-13,15-18,20-21,28H,6,10-11,14,19,22H2,1-5H3,(H,33,38)(H,34,40). The molecule has 0 aliphatic carbocycles. The van der Waals surface area contributed by atoms with Gasteiger partial charge in [0.25, 0.3) is 5.91 Å². The third-order valence-corrected chi connectivity index (χ3v) is 7.37. The number of carbonyl (C=O) groups is 3. The second kappa shape index (κ2) is 16.5. The molecule has 0 fully saturated rings. The van der Waals surface area contributed by atoms with Gasteiger partial charge in [0.15, 0.2) is 0 Å². The van der Waals surface area contributed by atoms with Crippen molar-refractivity contribution >= 4 is 46.8 Å². The first-order valence-corrected chi connectivity index (χ1v) is 15.4. The first-order valence-electron chi connectivity index (χ1n) is 14.3. The van der Waals surface area contributed by atoms with E-state index in [1.165, 1.54) is 0 Å². The number of benzene rings is 2. The van der Waals surface area contributed by atoms with Crippen molar-refractivity contribution in [3.05, 3.63) is 78.1 Å². The van der Waals surface area contributed by atoms with Gasteiger partial charge in [-0.1, -0.05) is 36.8 Å². The third kappa shape index (κ3) is 12.0. The number of amides is 2. The second-order valence-corrected chi connectivity index (χ2v) is 12.0. The highest BCUT2D eigenvalue weighted by molar-refractivity contribution is 7.99. The summed E-state index contributed by atoms with van der Waals surface area (Å²) < 4.78 is 12.2. The van der Waals surface area contributed by atoms with Crippen LogP contribution in [0, 0.1) is 0 Å². The maximum atomic E-state index is 12.7. The molecule has 0 spiro atoms. The van der Waals surface area contributed by atoms with Gasteiger partial charge in [0.1, 0.15) is 16.5 Å². The van der Waals surface area contributed by atoms with Gasteiger partial charge in [-0.15, -0.1) is 11.8 Å². The second-order valence-electron chi connectivity index (χ2n) is 10.9. The van der Waals surface area contributed by atoms with E-state index in [0.717, 1.165) is 23.4 Å². The Kier molecular flexibility index (Phi) is 12.8. The molecule has 1 aromatic heterocycles. The van der Waals surface area contributed by atoms with Crippen molar-refractivity contribution < 1.29 is 23.9 Å². The number of hydrogen-bond donors (Lipinski definition) is 2. The molecule has 230 valence electrons. The van der Waals surface area contributed by atoms with E-state index in [1.807, 2.05) is 54.6 Å². The van der Waals surface area contributed by atoms with Gasteiger partial charge in [-0.25, -0.2) is 4.79 Å². The normalized spacial score (nSPS) is 12.1. The lowest BCUT2D eigenvalue weighted by atomic mass is 10.2. The van der Waals surface area contributed by atoms with Crippen molar-refractivity contribution in [2.24, 2.45) is 17.3 Å². The number of esters is 1. The monoisotopic (exact) mass is 607 g/mol. The molecule has 0 saturated carbocycles. The molecule has 43 heavy (non-hydrogen) atoms. The summed E-state index contributed by atoms with van der Waals surface area (Å²) in [7, 11) is 1.73. The van der Waals surface area contributed by atoms with Gasteiger partial charge in [-0.3, -0.25) is 14.9 Å². The van der Waals surface area contributed by atoms with Gasteiger partial charge in [0.05, 0.1) is 23.7 Å². The molecule has 0 aliphatic rings. The Labute approximate surface area is 257 Å². The largest absolute Gasteiger partial charge is 0.465 e. The number of carbonyl (C=O) groups excluding carboxylic acids is 3. The molecule has 3 aromatic rings. The van der Waals surface area contributed by atoms with Crippen LogP contribution in [0.2, 0.25) is 0 Å². The lowest BCUT2D eigenvalue weighted by Crippen LogP contribution is -2.27. The van der Waals surface area contributed by atoms with Gasteiger partial charge in [0, 0.05) is 25.5 Å². The van der Waals surface area contributed by atoms with Crippen molar-refractivity contribution in [2.75, 3.05) is 18.5 Å². The average molecular weight is 608 g/mol. The lowest BCUT2D eigenvalue weighted by molar-refractivity contribution is -0.142. The summed E-state index contributed by atoms with van der Waals surface area (Å²) in [6.07, 6.45) is 3.16. The molecular weight excluding hydrogens is 566 g/mol. The van der Waals surface area contributed by atoms with Gasteiger partial charge in [0.2, 0.25) is 0 Å². The molecule has 0 saturated heterocycles. The molecule has 2 aromatic carbocycles. The van der Waals surface area contributed by atoms with E-state index in [2.05, 4.69) is 20.9 Å². The Hall–Kier alpha value is -4.12. The fraction of sp³-hybridized carbons (Fsp3) is 0.406. The van der Waals surface area contributed by atoms with Crippen LogP contribution >= 0.6 is 11.8 Å². The van der Waals surface area contributed by atoms with E-state index in [1.54, 1.807) is 63.3 Å². The van der Waals surface area contributed by atoms with Crippen molar-refractivity contribution in [1.82, 2.24) is 9.88 Å². The predicted molar refractivity (Wildman–Crippen MR) is 170 cm³/mol. The highest BCUT2D eigenvalue weighted by Gasteiger charge is 2.21. The third-order valence-electron chi connectivity index (χ3n) is 6.04. The van der Waals surface area contributed by atoms with Gasteiger partial charge < -0.3 is 19.4 Å². The fourth-order valence-electron chi connectivity index (χ4n) is 4.00. The summed E-state index contributed by atoms with van der Waals surface area (Å²) in [5, 5.41) is 13.8. The first kappa shape index (κ1) is 33.4. The van der Waals surface area contributed by atoms with Gasteiger partial charge in [-0.05, 0) is 76.4 Å². The van der Waals surface area contributed by atoms with Crippen LogP contribution in [0.25, 0.3) is 0 Å². The molecule has 11 heteroatoms. The molecule has 2 N–H and O–H groups in total. The Morgan fingerprint density at radius 2 is 1.65 bits per heavy atom. The Balaban J connectivity index is 1.44. The summed E-state index contributed by atoms with van der Waals surface area (Å²) in [5.74, 6) is 0.185. The minimum Gasteiger partial charge on any atom is -0.465 e. The van der Waals surface area contributed by atoms with Gasteiger partial charge >= 0.3 is 12.1 Å². The predicted octanol–water partition coefficient (Wildman–Crippen LogP) is 7.55. The zero-order chi connectivity index (χ0) is 31.2. The maximum Gasteiger partial charge on any atom is 0.412 e.